The lowest BCUT2D eigenvalue weighted by Crippen LogP contribution is -2.15. The van der Waals surface area contributed by atoms with E-state index in [1.807, 2.05) is 6.92 Å². The van der Waals surface area contributed by atoms with Crippen molar-refractivity contribution in [3.8, 4) is 28.5 Å². The Balaban J connectivity index is 2.31. The number of rotatable bonds is 4. The lowest BCUT2D eigenvalue weighted by Gasteiger charge is -2.12. The third-order valence-corrected chi connectivity index (χ3v) is 5.47. The van der Waals surface area contributed by atoms with Gasteiger partial charge in [-0.25, -0.2) is 13.1 Å². The van der Waals surface area contributed by atoms with E-state index >= 15 is 0 Å². The smallest absolute Gasteiger partial charge is 0.245 e. The highest BCUT2D eigenvalue weighted by molar-refractivity contribution is 7.90. The van der Waals surface area contributed by atoms with Gasteiger partial charge in [-0.2, -0.15) is 23.5 Å². The fourth-order valence-corrected chi connectivity index (χ4v) is 3.62. The Kier molecular flexibility index (Phi) is 5.24. The van der Waals surface area contributed by atoms with E-state index < -0.39 is 28.3 Å². The van der Waals surface area contributed by atoms with Crippen LogP contribution in [0.15, 0.2) is 53.4 Å². The van der Waals surface area contributed by atoms with Gasteiger partial charge in [-0.15, -0.1) is 0 Å². The summed E-state index contributed by atoms with van der Waals surface area (Å²) in [5.41, 5.74) is 0.344. The van der Waals surface area contributed by atoms with Gasteiger partial charge in [0.25, 0.3) is 0 Å². The molecule has 0 amide bonds. The molecule has 0 saturated heterocycles. The number of aryl methyl sites for hydroxylation is 1. The molecule has 9 heteroatoms. The summed E-state index contributed by atoms with van der Waals surface area (Å²) in [4.78, 5) is 0.0469. The van der Waals surface area contributed by atoms with E-state index in [-0.39, 0.29) is 16.2 Å². The monoisotopic (exact) mass is 419 g/mol. The quantitative estimate of drug-likeness (QED) is 0.625. The highest BCUT2D eigenvalue weighted by Crippen LogP contribution is 2.42. The summed E-state index contributed by atoms with van der Waals surface area (Å²) in [5.74, 6) is 0. The average molecular weight is 419 g/mol. The molecular weight excluding hydrogens is 403 g/mol. The minimum Gasteiger partial charge on any atom is -0.245 e. The summed E-state index contributed by atoms with van der Waals surface area (Å²) < 4.78 is 65.7. The molecule has 0 unspecified atom stereocenters. The molecule has 150 valence electrons. The van der Waals surface area contributed by atoms with E-state index in [9.17, 15) is 21.6 Å². The number of halogens is 3. The minimum absolute atomic E-state index is 0.0245. The van der Waals surface area contributed by atoms with Crippen molar-refractivity contribution in [1.29, 1.82) is 5.26 Å². The van der Waals surface area contributed by atoms with Gasteiger partial charge in [0.05, 0.1) is 11.0 Å². The molecular formula is C20H16F3N3O2S. The Hall–Kier alpha value is -3.12. The molecule has 3 aromatic rings. The molecule has 0 aliphatic carbocycles. The van der Waals surface area contributed by atoms with E-state index in [0.29, 0.717) is 15.8 Å². The van der Waals surface area contributed by atoms with Crippen LogP contribution >= 0.6 is 0 Å². The molecule has 0 spiro atoms. The maximum Gasteiger partial charge on any atom is 0.433 e. The van der Waals surface area contributed by atoms with Crippen LogP contribution in [0.2, 0.25) is 0 Å². The van der Waals surface area contributed by atoms with Gasteiger partial charge in [0.2, 0.25) is 0 Å². The maximum absolute atomic E-state index is 13.9. The molecule has 2 aromatic carbocycles. The van der Waals surface area contributed by atoms with Crippen LogP contribution in [0.3, 0.4) is 0 Å². The zero-order valence-electron chi connectivity index (χ0n) is 15.5. The lowest BCUT2D eigenvalue weighted by atomic mass is 9.98. The van der Waals surface area contributed by atoms with Gasteiger partial charge in [0.15, 0.2) is 15.5 Å². The molecule has 0 N–H and O–H groups in total. The topological polar surface area (TPSA) is 75.8 Å². The van der Waals surface area contributed by atoms with Gasteiger partial charge in [0, 0.05) is 17.4 Å². The highest BCUT2D eigenvalue weighted by Gasteiger charge is 2.40. The molecule has 1 heterocycles. The molecule has 3 rings (SSSR count). The number of nitriles is 1. The number of sulfone groups is 1. The highest BCUT2D eigenvalue weighted by atomic mass is 32.2. The molecule has 0 radical (unpaired) electrons. The Morgan fingerprint density at radius 2 is 1.59 bits per heavy atom. The van der Waals surface area contributed by atoms with Crippen molar-refractivity contribution in [2.45, 2.75) is 24.5 Å². The number of nitrogens with zero attached hydrogens (tertiary/aromatic N) is 3. The van der Waals surface area contributed by atoms with Crippen LogP contribution in [0.4, 0.5) is 13.2 Å². The first kappa shape index (κ1) is 20.6. The maximum atomic E-state index is 13.9. The second kappa shape index (κ2) is 7.37. The first-order chi connectivity index (χ1) is 13.5. The number of benzene rings is 2. The number of aromatic nitrogens is 2. The van der Waals surface area contributed by atoms with Crippen LogP contribution in [0.1, 0.15) is 11.3 Å². The van der Waals surface area contributed by atoms with Crippen molar-refractivity contribution in [2.75, 3.05) is 6.26 Å². The van der Waals surface area contributed by atoms with Gasteiger partial charge < -0.3 is 0 Å². The lowest BCUT2D eigenvalue weighted by molar-refractivity contribution is -0.143. The fourth-order valence-electron chi connectivity index (χ4n) is 2.99. The van der Waals surface area contributed by atoms with E-state index in [2.05, 4.69) is 5.10 Å². The second-order valence-electron chi connectivity index (χ2n) is 6.55. The summed E-state index contributed by atoms with van der Waals surface area (Å²) in [7, 11) is -3.45. The van der Waals surface area contributed by atoms with Crippen molar-refractivity contribution in [2.24, 2.45) is 0 Å². The average Bonchev–Trinajstić information content (AvgIpc) is 3.02. The van der Waals surface area contributed by atoms with Crippen molar-refractivity contribution in [3.63, 3.8) is 0 Å². The van der Waals surface area contributed by atoms with Crippen molar-refractivity contribution >= 4 is 9.84 Å². The Bertz CT molecular complexity index is 1190. The van der Waals surface area contributed by atoms with Crippen molar-refractivity contribution in [1.82, 2.24) is 9.78 Å². The molecule has 0 saturated carbocycles. The predicted molar refractivity (Wildman–Crippen MR) is 102 cm³/mol. The number of alkyl halides is 3. The van der Waals surface area contributed by atoms with Crippen LogP contribution < -0.4 is 0 Å². The van der Waals surface area contributed by atoms with Crippen LogP contribution in [0.25, 0.3) is 22.4 Å². The molecule has 0 aliphatic heterocycles. The molecule has 5 nitrogen and oxygen atoms in total. The summed E-state index contributed by atoms with van der Waals surface area (Å²) >= 11 is 0. The molecule has 0 atom stereocenters. The summed E-state index contributed by atoms with van der Waals surface area (Å²) in [6.45, 7) is 1.24. The molecule has 0 fully saturated rings. The zero-order valence-corrected chi connectivity index (χ0v) is 16.3. The van der Waals surface area contributed by atoms with Crippen LogP contribution in [-0.4, -0.2) is 24.5 Å². The minimum atomic E-state index is -4.74. The van der Waals surface area contributed by atoms with Gasteiger partial charge in [-0.3, -0.25) is 0 Å². The molecule has 0 bridgehead atoms. The largest absolute Gasteiger partial charge is 0.433 e. The first-order valence-corrected chi connectivity index (χ1v) is 10.3. The zero-order chi connectivity index (χ0) is 21.4. The van der Waals surface area contributed by atoms with E-state index in [1.165, 1.54) is 24.3 Å². The van der Waals surface area contributed by atoms with Gasteiger partial charge >= 0.3 is 6.18 Å². The van der Waals surface area contributed by atoms with E-state index in [0.717, 1.165) is 11.8 Å². The third-order valence-electron chi connectivity index (χ3n) is 4.34. The second-order valence-corrected chi connectivity index (χ2v) is 8.56. The predicted octanol–water partition coefficient (Wildman–Crippen LogP) is 4.47. The third kappa shape index (κ3) is 4.17. The van der Waals surface area contributed by atoms with Crippen molar-refractivity contribution in [3.05, 3.63) is 59.8 Å². The van der Waals surface area contributed by atoms with Crippen LogP contribution in [0.5, 0.6) is 0 Å². The van der Waals surface area contributed by atoms with E-state index in [4.69, 9.17) is 5.26 Å². The molecule has 1 aromatic heterocycles. The number of hydrogen-bond acceptors (Lipinski definition) is 4. The SMILES string of the molecule is Cc1ccc(-c2c(-c3ccc(S(C)(=O)=O)cc3)nn(CC#N)c2C(F)(F)F)cc1. The molecule has 0 aliphatic rings. The standard InChI is InChI=1S/C20H16F3N3O2S/c1-13-3-5-14(6-4-13)17-18(15-7-9-16(10-8-15)29(2,27)28)25-26(12-11-24)19(17)20(21,22)23/h3-10H,12H2,1-2H3. The summed E-state index contributed by atoms with van der Waals surface area (Å²) in [6, 6.07) is 13.7. The Morgan fingerprint density at radius 1 is 1.03 bits per heavy atom. The van der Waals surface area contributed by atoms with E-state index in [1.54, 1.807) is 30.3 Å². The van der Waals surface area contributed by atoms with Gasteiger partial charge in [-0.05, 0) is 24.6 Å². The van der Waals surface area contributed by atoms with Gasteiger partial charge in [0.1, 0.15) is 12.2 Å². The molecule has 29 heavy (non-hydrogen) atoms. The normalized spacial score (nSPS) is 12.0. The fraction of sp³-hybridized carbons (Fsp3) is 0.200. The van der Waals surface area contributed by atoms with Gasteiger partial charge in [-0.1, -0.05) is 42.0 Å². The van der Waals surface area contributed by atoms with Crippen LogP contribution in [0, 0.1) is 18.3 Å². The number of hydrogen-bond donors (Lipinski definition) is 0. The van der Waals surface area contributed by atoms with Crippen LogP contribution in [-0.2, 0) is 22.6 Å². The Morgan fingerprint density at radius 3 is 2.07 bits per heavy atom. The summed E-state index contributed by atoms with van der Waals surface area (Å²) in [6.07, 6.45) is -3.70. The first-order valence-electron chi connectivity index (χ1n) is 8.45. The van der Waals surface area contributed by atoms with Crippen molar-refractivity contribution < 1.29 is 21.6 Å². The summed E-state index contributed by atoms with van der Waals surface area (Å²) in [5, 5.41) is 13.0. The Labute approximate surface area is 165 Å².